The Morgan fingerprint density at radius 2 is 1.96 bits per heavy atom. The number of fused-ring (bicyclic) bond motifs is 1. The second-order valence-electron chi connectivity index (χ2n) is 5.41. The molecule has 1 heterocycles. The molecule has 1 atom stereocenters. The average molecular weight is 323 g/mol. The highest BCUT2D eigenvalue weighted by Crippen LogP contribution is 2.37. The molecule has 0 saturated heterocycles. The molecule has 2 aliphatic rings. The fourth-order valence-electron chi connectivity index (χ4n) is 2.48. The monoisotopic (exact) mass is 323 g/mol. The van der Waals surface area contributed by atoms with Crippen molar-refractivity contribution in [1.29, 1.82) is 0 Å². The van der Waals surface area contributed by atoms with Gasteiger partial charge in [-0.2, -0.15) is 5.11 Å². The van der Waals surface area contributed by atoms with E-state index in [9.17, 15) is 18.0 Å². The van der Waals surface area contributed by atoms with Gasteiger partial charge in [-0.3, -0.25) is 4.79 Å². The van der Waals surface area contributed by atoms with Gasteiger partial charge in [0.2, 0.25) is 0 Å². The van der Waals surface area contributed by atoms with Crippen LogP contribution in [0.5, 0.6) is 5.75 Å². The molecule has 0 fully saturated rings. The molecule has 1 N–H and O–H groups in total. The van der Waals surface area contributed by atoms with Crippen molar-refractivity contribution in [3.63, 3.8) is 0 Å². The Bertz CT molecular complexity index is 735. The third kappa shape index (κ3) is 3.10. The van der Waals surface area contributed by atoms with E-state index >= 15 is 0 Å². The highest BCUT2D eigenvalue weighted by atomic mass is 19.4. The number of alkyl halides is 3. The standard InChI is InChI=1S/C15H12F3N3O2/c1-14-7-6-10(8-12(14)13(22)19-21-20-14)9-2-4-11(5-3-9)23-15(16,17)18/h2-6,8H,7H2,1H3,(H,19,20,22). The minimum atomic E-state index is -4.72. The summed E-state index contributed by atoms with van der Waals surface area (Å²) in [6, 6.07) is 5.48. The topological polar surface area (TPSA) is 63.0 Å². The molecule has 5 nitrogen and oxygen atoms in total. The number of nitrogens with one attached hydrogen (secondary N) is 1. The van der Waals surface area contributed by atoms with Crippen LogP contribution < -0.4 is 10.2 Å². The van der Waals surface area contributed by atoms with Crippen LogP contribution in [0.15, 0.2) is 52.3 Å². The Morgan fingerprint density at radius 1 is 1.26 bits per heavy atom. The summed E-state index contributed by atoms with van der Waals surface area (Å²) in [5.41, 5.74) is 3.49. The maximum Gasteiger partial charge on any atom is 0.573 e. The summed E-state index contributed by atoms with van der Waals surface area (Å²) in [6.45, 7) is 1.80. The maximum absolute atomic E-state index is 12.2. The van der Waals surface area contributed by atoms with E-state index in [0.717, 1.165) is 5.57 Å². The van der Waals surface area contributed by atoms with Crippen LogP contribution in [0.3, 0.4) is 0 Å². The second kappa shape index (κ2) is 5.22. The minimum Gasteiger partial charge on any atom is -0.406 e. The van der Waals surface area contributed by atoms with Gasteiger partial charge in [-0.15, -0.1) is 13.2 Å². The van der Waals surface area contributed by atoms with Crippen LogP contribution >= 0.6 is 0 Å². The van der Waals surface area contributed by atoms with Gasteiger partial charge in [0.25, 0.3) is 5.91 Å². The Kier molecular flexibility index (Phi) is 3.46. The normalized spacial score (nSPS) is 23.6. The van der Waals surface area contributed by atoms with Crippen molar-refractivity contribution in [3.8, 4) is 5.75 Å². The number of rotatable bonds is 2. The summed E-state index contributed by atoms with van der Waals surface area (Å²) >= 11 is 0. The van der Waals surface area contributed by atoms with Crippen molar-refractivity contribution in [2.45, 2.75) is 25.2 Å². The van der Waals surface area contributed by atoms with Crippen molar-refractivity contribution in [3.05, 3.63) is 47.6 Å². The van der Waals surface area contributed by atoms with Crippen LogP contribution in [-0.2, 0) is 4.79 Å². The molecular weight excluding hydrogens is 311 g/mol. The number of ether oxygens (including phenoxy) is 1. The highest BCUT2D eigenvalue weighted by molar-refractivity contribution is 6.00. The molecule has 120 valence electrons. The number of amides is 1. The van der Waals surface area contributed by atoms with Crippen LogP contribution in [-0.4, -0.2) is 17.8 Å². The molecule has 0 radical (unpaired) electrons. The molecule has 8 heteroatoms. The molecule has 1 aliphatic heterocycles. The number of hydrogen-bond acceptors (Lipinski definition) is 4. The third-order valence-corrected chi connectivity index (χ3v) is 3.69. The van der Waals surface area contributed by atoms with Gasteiger partial charge in [-0.1, -0.05) is 23.4 Å². The maximum atomic E-state index is 12.2. The Hall–Kier alpha value is -2.64. The fraction of sp³-hybridized carbons (Fsp3) is 0.267. The largest absolute Gasteiger partial charge is 0.573 e. The third-order valence-electron chi connectivity index (χ3n) is 3.69. The van der Waals surface area contributed by atoms with Gasteiger partial charge in [0, 0.05) is 5.57 Å². The lowest BCUT2D eigenvalue weighted by Crippen LogP contribution is -2.39. The Labute approximate surface area is 129 Å². The summed E-state index contributed by atoms with van der Waals surface area (Å²) in [5, 5.41) is 7.64. The predicted molar refractivity (Wildman–Crippen MR) is 75.2 cm³/mol. The lowest BCUT2D eigenvalue weighted by molar-refractivity contribution is -0.274. The number of hydrogen-bond donors (Lipinski definition) is 1. The molecule has 0 aromatic heterocycles. The van der Waals surface area contributed by atoms with E-state index in [1.54, 1.807) is 13.0 Å². The van der Waals surface area contributed by atoms with Crippen LogP contribution in [0.1, 0.15) is 18.9 Å². The van der Waals surface area contributed by atoms with Gasteiger partial charge in [0.1, 0.15) is 11.3 Å². The fourth-order valence-corrected chi connectivity index (χ4v) is 2.48. The van der Waals surface area contributed by atoms with E-state index in [0.29, 0.717) is 17.6 Å². The minimum absolute atomic E-state index is 0.292. The van der Waals surface area contributed by atoms with E-state index in [2.05, 4.69) is 20.5 Å². The average Bonchev–Trinajstić information content (AvgIpc) is 2.46. The summed E-state index contributed by atoms with van der Waals surface area (Å²) in [5.74, 6) is -0.621. The van der Waals surface area contributed by atoms with Crippen LogP contribution in [0.25, 0.3) is 5.57 Å². The van der Waals surface area contributed by atoms with Gasteiger partial charge in [0.15, 0.2) is 0 Å². The number of benzene rings is 1. The van der Waals surface area contributed by atoms with E-state index in [-0.39, 0.29) is 11.7 Å². The number of carbonyl (C=O) groups excluding carboxylic acids is 1. The van der Waals surface area contributed by atoms with Crippen LogP contribution in [0, 0.1) is 0 Å². The van der Waals surface area contributed by atoms with Crippen LogP contribution in [0.2, 0.25) is 0 Å². The highest BCUT2D eigenvalue weighted by Gasteiger charge is 2.38. The molecule has 0 saturated carbocycles. The molecule has 1 aliphatic carbocycles. The van der Waals surface area contributed by atoms with Gasteiger partial charge in [-0.05, 0) is 42.7 Å². The number of halogens is 3. The first-order chi connectivity index (χ1) is 10.8. The molecule has 1 unspecified atom stereocenters. The molecular formula is C15H12F3N3O2. The summed E-state index contributed by atoms with van der Waals surface area (Å²) in [4.78, 5) is 11.9. The van der Waals surface area contributed by atoms with Gasteiger partial charge in [-0.25, -0.2) is 5.43 Å². The zero-order valence-electron chi connectivity index (χ0n) is 12.0. The van der Waals surface area contributed by atoms with Crippen molar-refractivity contribution in [1.82, 2.24) is 5.43 Å². The van der Waals surface area contributed by atoms with Crippen molar-refractivity contribution >= 4 is 11.5 Å². The first-order valence-corrected chi connectivity index (χ1v) is 6.78. The number of nitrogens with zero attached hydrogens (tertiary/aromatic N) is 2. The lowest BCUT2D eigenvalue weighted by Gasteiger charge is -2.31. The SMILES string of the molecule is CC12CC=C(c3ccc(OC(F)(F)F)cc3)C=C1C(=O)NN=N2. The molecule has 23 heavy (non-hydrogen) atoms. The first-order valence-electron chi connectivity index (χ1n) is 6.78. The molecule has 3 rings (SSSR count). The number of carbonyl (C=O) groups is 1. The van der Waals surface area contributed by atoms with E-state index in [1.807, 2.05) is 6.08 Å². The smallest absolute Gasteiger partial charge is 0.406 e. The Morgan fingerprint density at radius 3 is 2.61 bits per heavy atom. The van der Waals surface area contributed by atoms with Gasteiger partial charge < -0.3 is 4.74 Å². The second-order valence-corrected chi connectivity index (χ2v) is 5.41. The van der Waals surface area contributed by atoms with Crippen molar-refractivity contribution < 1.29 is 22.7 Å². The molecule has 1 aromatic carbocycles. The van der Waals surface area contributed by atoms with Gasteiger partial charge in [0.05, 0.1) is 0 Å². The van der Waals surface area contributed by atoms with E-state index in [4.69, 9.17) is 0 Å². The van der Waals surface area contributed by atoms with Crippen molar-refractivity contribution in [2.75, 3.05) is 0 Å². The van der Waals surface area contributed by atoms with Gasteiger partial charge >= 0.3 is 6.36 Å². The van der Waals surface area contributed by atoms with Crippen molar-refractivity contribution in [2.24, 2.45) is 10.3 Å². The zero-order valence-corrected chi connectivity index (χ0v) is 12.0. The Balaban J connectivity index is 1.86. The summed E-state index contributed by atoms with van der Waals surface area (Å²) in [7, 11) is 0. The molecule has 0 bridgehead atoms. The first kappa shape index (κ1) is 15.3. The summed E-state index contributed by atoms with van der Waals surface area (Å²) < 4.78 is 40.3. The molecule has 1 aromatic rings. The van der Waals surface area contributed by atoms with E-state index in [1.165, 1.54) is 24.3 Å². The molecule has 1 amide bonds. The van der Waals surface area contributed by atoms with E-state index < -0.39 is 11.9 Å². The number of allylic oxidation sites excluding steroid dienone is 2. The lowest BCUT2D eigenvalue weighted by atomic mass is 9.81. The zero-order chi connectivity index (χ0) is 16.7. The molecule has 0 spiro atoms. The predicted octanol–water partition coefficient (Wildman–Crippen LogP) is 3.55. The quantitative estimate of drug-likeness (QED) is 0.904. The van der Waals surface area contributed by atoms with Crippen LogP contribution in [0.4, 0.5) is 13.2 Å². The summed E-state index contributed by atoms with van der Waals surface area (Å²) in [6.07, 6.45) is -0.691.